The number of fused-ring (bicyclic) bond motifs is 2. The molecule has 0 unspecified atom stereocenters. The number of carbonyl (C=O) groups excluding carboxylic acids is 1. The van der Waals surface area contributed by atoms with E-state index in [4.69, 9.17) is 14.1 Å². The molecule has 0 aliphatic carbocycles. The van der Waals surface area contributed by atoms with Crippen LogP contribution in [0, 0.1) is 31.1 Å². The number of nitrogens with zero attached hydrogens (tertiary/aromatic N) is 7. The summed E-state index contributed by atoms with van der Waals surface area (Å²) in [6.07, 6.45) is 2.67. The number of halogens is 2. The number of ether oxygens (including phenoxy) is 1. The number of rotatable bonds is 10. The Morgan fingerprint density at radius 3 is 2.27 bits per heavy atom. The Morgan fingerprint density at radius 1 is 0.898 bits per heavy atom. The lowest BCUT2D eigenvalue weighted by atomic mass is 9.93. The average Bonchev–Trinajstić information content (AvgIpc) is 3.88. The molecule has 304 valence electrons. The highest BCUT2D eigenvalue weighted by atomic mass is 19.3. The maximum atomic E-state index is 14.1. The summed E-state index contributed by atoms with van der Waals surface area (Å²) >= 11 is 0. The minimum absolute atomic E-state index is 0.113. The highest BCUT2D eigenvalue weighted by molar-refractivity contribution is 5.90. The maximum absolute atomic E-state index is 14.1. The summed E-state index contributed by atoms with van der Waals surface area (Å²) in [4.78, 5) is 35.2. The molecule has 13 heteroatoms. The lowest BCUT2D eigenvalue weighted by molar-refractivity contribution is -0.161. The molecule has 0 atom stereocenters. The van der Waals surface area contributed by atoms with Gasteiger partial charge in [-0.15, -0.1) is 0 Å². The van der Waals surface area contributed by atoms with Crippen molar-refractivity contribution in [2.24, 2.45) is 5.92 Å². The van der Waals surface area contributed by atoms with E-state index in [0.29, 0.717) is 52.4 Å². The Labute approximate surface area is 342 Å². The van der Waals surface area contributed by atoms with Gasteiger partial charge < -0.3 is 14.5 Å². The quantitative estimate of drug-likeness (QED) is 0.133. The van der Waals surface area contributed by atoms with Gasteiger partial charge in [0.1, 0.15) is 22.7 Å². The van der Waals surface area contributed by atoms with Crippen LogP contribution in [-0.2, 0) is 22.6 Å². The fraction of sp³-hybridized carbons (Fsp3) is 0.391. The van der Waals surface area contributed by atoms with Crippen LogP contribution in [0.1, 0.15) is 86.5 Å². The highest BCUT2D eigenvalue weighted by Crippen LogP contribution is 2.38. The van der Waals surface area contributed by atoms with Gasteiger partial charge in [0.05, 0.1) is 17.0 Å². The second kappa shape index (κ2) is 16.4. The monoisotopic (exact) mass is 798 g/mol. The second-order valence-electron chi connectivity index (χ2n) is 16.7. The smallest absolute Gasteiger partial charge is 0.309 e. The van der Waals surface area contributed by atoms with E-state index < -0.39 is 17.9 Å². The van der Waals surface area contributed by atoms with Crippen LogP contribution in [0.2, 0.25) is 0 Å². The van der Waals surface area contributed by atoms with E-state index in [2.05, 4.69) is 36.1 Å². The van der Waals surface area contributed by atoms with Crippen LogP contribution in [0.5, 0.6) is 0 Å². The molecule has 0 radical (unpaired) electrons. The molecule has 2 fully saturated rings. The zero-order valence-electron chi connectivity index (χ0n) is 34.1. The third kappa shape index (κ3) is 8.65. The molecular weight excluding hydrogens is 751 g/mol. The van der Waals surface area contributed by atoms with Crippen molar-refractivity contribution in [3.05, 3.63) is 94.4 Å². The summed E-state index contributed by atoms with van der Waals surface area (Å²) in [5, 5.41) is 13.5. The van der Waals surface area contributed by atoms with Crippen LogP contribution in [0.3, 0.4) is 0 Å². The van der Waals surface area contributed by atoms with E-state index in [0.717, 1.165) is 90.8 Å². The molecule has 1 N–H and O–H groups in total. The number of nitriles is 1. The van der Waals surface area contributed by atoms with Gasteiger partial charge in [-0.3, -0.25) is 19.6 Å². The molecule has 2 aliphatic rings. The third-order valence-electron chi connectivity index (χ3n) is 11.3. The van der Waals surface area contributed by atoms with Gasteiger partial charge >= 0.3 is 5.97 Å². The van der Waals surface area contributed by atoms with Crippen molar-refractivity contribution < 1.29 is 22.7 Å². The van der Waals surface area contributed by atoms with Crippen molar-refractivity contribution in [1.82, 2.24) is 29.7 Å². The zero-order valence-corrected chi connectivity index (χ0v) is 34.1. The molecule has 0 bridgehead atoms. The molecule has 6 aromatic rings. The molecule has 3 aromatic heterocycles. The first kappa shape index (κ1) is 40.0. The number of carbonyl (C=O) groups is 1. The predicted octanol–water partition coefficient (Wildman–Crippen LogP) is 9.82. The number of hydrogen-bond acceptors (Lipinski definition) is 11. The molecule has 2 saturated heterocycles. The van der Waals surface area contributed by atoms with Crippen molar-refractivity contribution >= 4 is 39.6 Å². The van der Waals surface area contributed by atoms with Gasteiger partial charge in [0.2, 0.25) is 5.89 Å². The van der Waals surface area contributed by atoms with Gasteiger partial charge in [-0.1, -0.05) is 24.3 Å². The number of anilines is 2. The number of nitrogens with one attached hydrogen (secondary N) is 1. The average molecular weight is 799 g/mol. The number of pyridine rings is 1. The Balaban J connectivity index is 1.05. The maximum Gasteiger partial charge on any atom is 0.309 e. The van der Waals surface area contributed by atoms with E-state index in [1.165, 1.54) is 0 Å². The third-order valence-corrected chi connectivity index (χ3v) is 11.3. The van der Waals surface area contributed by atoms with Crippen LogP contribution >= 0.6 is 0 Å². The van der Waals surface area contributed by atoms with Crippen LogP contribution < -0.4 is 5.32 Å². The van der Waals surface area contributed by atoms with Crippen molar-refractivity contribution in [1.29, 1.82) is 5.26 Å². The first-order chi connectivity index (χ1) is 28.3. The number of hydrogen-bond donors (Lipinski definition) is 1. The second-order valence-corrected chi connectivity index (χ2v) is 16.7. The molecular formula is C46H48F2N8O3. The molecule has 11 nitrogen and oxygen atoms in total. The predicted molar refractivity (Wildman–Crippen MR) is 223 cm³/mol. The Hall–Kier alpha value is -5.84. The highest BCUT2D eigenvalue weighted by Gasteiger charge is 2.29. The number of benzene rings is 3. The minimum Gasteiger partial charge on any atom is -0.460 e. The van der Waals surface area contributed by atoms with Crippen LogP contribution in [-0.4, -0.2) is 67.5 Å². The van der Waals surface area contributed by atoms with Crippen molar-refractivity contribution in [2.45, 2.75) is 85.4 Å². The van der Waals surface area contributed by atoms with Crippen molar-refractivity contribution in [2.75, 3.05) is 31.5 Å². The summed E-state index contributed by atoms with van der Waals surface area (Å²) < 4.78 is 40.1. The largest absolute Gasteiger partial charge is 0.460 e. The van der Waals surface area contributed by atoms with Gasteiger partial charge in [0, 0.05) is 30.5 Å². The number of esters is 1. The SMILES string of the molecule is Cc1c(Nc2nc(C(F)F)nc3cc(CN4CCCC4)cnc23)cccc1-c1cccc(-c2nc3cc(CN4CCC(C(=O)OC(C)(C)C)CC4)cc(C#N)c3o2)c1C. The summed E-state index contributed by atoms with van der Waals surface area (Å²) in [7, 11) is 0. The Kier molecular flexibility index (Phi) is 11.1. The molecule has 2 aliphatic heterocycles. The summed E-state index contributed by atoms with van der Waals surface area (Å²) in [5.74, 6) is -0.187. The number of likely N-dealkylation sites (tertiary alicyclic amines) is 2. The number of aromatic nitrogens is 4. The van der Waals surface area contributed by atoms with Crippen molar-refractivity contribution in [3.63, 3.8) is 0 Å². The van der Waals surface area contributed by atoms with E-state index in [1.54, 1.807) is 6.20 Å². The number of alkyl halides is 2. The van der Waals surface area contributed by atoms with Crippen LogP contribution in [0.4, 0.5) is 20.3 Å². The minimum atomic E-state index is -2.85. The van der Waals surface area contributed by atoms with Gasteiger partial charge in [0.15, 0.2) is 17.2 Å². The summed E-state index contributed by atoms with van der Waals surface area (Å²) in [5.41, 5.74) is 8.74. The molecule has 0 spiro atoms. The normalized spacial score (nSPS) is 15.6. The molecule has 0 saturated carbocycles. The van der Waals surface area contributed by atoms with Crippen LogP contribution in [0.25, 0.3) is 44.7 Å². The Morgan fingerprint density at radius 2 is 1.56 bits per heavy atom. The van der Waals surface area contributed by atoms with E-state index in [9.17, 15) is 18.8 Å². The lowest BCUT2D eigenvalue weighted by Gasteiger charge is -2.32. The standard InChI is InChI=1S/C46H48F2N8O3/c1-27-33(34-11-9-13-36(28(34)2)51-42-39-37(52-43(54-42)41(47)48)22-30(24-50-39)26-55-16-6-7-17-55)10-8-12-35(27)44-53-38-21-29(20-32(23-49)40(38)58-44)25-56-18-14-31(15-19-56)45(57)59-46(3,4)5/h8-13,20-22,24,31,41H,6-7,14-19,25-26H2,1-5H3,(H,51,52,54). The van der Waals surface area contributed by atoms with E-state index >= 15 is 0 Å². The first-order valence-electron chi connectivity index (χ1n) is 20.3. The van der Waals surface area contributed by atoms with E-state index in [1.807, 2.05) is 89.2 Å². The fourth-order valence-corrected chi connectivity index (χ4v) is 8.25. The Bertz CT molecular complexity index is 2580. The van der Waals surface area contributed by atoms with Crippen molar-refractivity contribution in [3.8, 4) is 28.7 Å². The summed E-state index contributed by atoms with van der Waals surface area (Å²) in [6, 6.07) is 19.7. The first-order valence-corrected chi connectivity index (χ1v) is 20.3. The number of piperidine rings is 1. The molecule has 0 amide bonds. The van der Waals surface area contributed by atoms with E-state index in [-0.39, 0.29) is 17.7 Å². The fourth-order valence-electron chi connectivity index (χ4n) is 8.25. The molecule has 3 aromatic carbocycles. The van der Waals surface area contributed by atoms with Gasteiger partial charge in [0.25, 0.3) is 6.43 Å². The van der Waals surface area contributed by atoms with Gasteiger partial charge in [-0.05, 0) is 150 Å². The zero-order chi connectivity index (χ0) is 41.4. The van der Waals surface area contributed by atoms with Crippen LogP contribution in [0.15, 0.2) is 65.2 Å². The molecule has 8 rings (SSSR count). The molecule has 59 heavy (non-hydrogen) atoms. The van der Waals surface area contributed by atoms with Gasteiger partial charge in [-0.2, -0.15) is 5.26 Å². The lowest BCUT2D eigenvalue weighted by Crippen LogP contribution is -2.38. The van der Waals surface area contributed by atoms with Gasteiger partial charge in [-0.25, -0.2) is 23.7 Å². The number of oxazole rings is 1. The summed E-state index contributed by atoms with van der Waals surface area (Å²) in [6.45, 7) is 14.5. The topological polar surface area (TPSA) is 133 Å². The molecule has 5 heterocycles.